The lowest BCUT2D eigenvalue weighted by molar-refractivity contribution is -0.118. The SMILES string of the molecule is C=C(Nc1cc(C(C)(C)C)cc(NCC(=O)NC)c1OC)Nc1ccc(-c2ccc(CN3CCOCC3)nc2)c2ccccc12.CC=S. The van der Waals surface area contributed by atoms with Crippen molar-refractivity contribution in [1.82, 2.24) is 15.2 Å². The fourth-order valence-electron chi connectivity index (χ4n) is 5.45. The molecule has 0 spiro atoms. The summed E-state index contributed by atoms with van der Waals surface area (Å²) < 4.78 is 11.3. The van der Waals surface area contributed by atoms with Gasteiger partial charge < -0.3 is 30.7 Å². The maximum absolute atomic E-state index is 12.0. The number of fused-ring (bicyclic) bond motifs is 1. The van der Waals surface area contributed by atoms with Crippen molar-refractivity contribution in [3.05, 3.63) is 90.5 Å². The van der Waals surface area contributed by atoms with Crippen LogP contribution in [0.3, 0.4) is 0 Å². The Morgan fingerprint density at radius 3 is 2.31 bits per heavy atom. The number of rotatable bonds is 11. The van der Waals surface area contributed by atoms with Gasteiger partial charge in [-0.3, -0.25) is 14.7 Å². The second kappa shape index (κ2) is 17.1. The number of methoxy groups -OCH3 is 1. The van der Waals surface area contributed by atoms with E-state index in [1.165, 1.54) is 0 Å². The third kappa shape index (κ3) is 9.53. The highest BCUT2D eigenvalue weighted by Gasteiger charge is 2.21. The van der Waals surface area contributed by atoms with Gasteiger partial charge in [0.1, 0.15) is 5.82 Å². The van der Waals surface area contributed by atoms with E-state index in [1.807, 2.05) is 25.3 Å². The number of ether oxygens (including phenoxy) is 2. The summed E-state index contributed by atoms with van der Waals surface area (Å²) in [6.07, 6.45) is 1.97. The second-order valence-corrected chi connectivity index (χ2v) is 13.0. The van der Waals surface area contributed by atoms with Crippen LogP contribution in [0.25, 0.3) is 21.9 Å². The van der Waals surface area contributed by atoms with E-state index >= 15 is 0 Å². The average Bonchev–Trinajstić information content (AvgIpc) is 3.08. The lowest BCUT2D eigenvalue weighted by Gasteiger charge is -2.26. The molecule has 9 nitrogen and oxygen atoms in total. The molecule has 1 aliphatic rings. The molecule has 10 heteroatoms. The molecule has 0 unspecified atom stereocenters. The molecule has 4 N–H and O–H groups in total. The number of amides is 1. The van der Waals surface area contributed by atoms with Crippen molar-refractivity contribution in [2.75, 3.05) is 63.0 Å². The minimum Gasteiger partial charge on any atom is -0.492 e. The number of nitrogens with one attached hydrogen (secondary N) is 4. The van der Waals surface area contributed by atoms with Gasteiger partial charge in [-0.15, -0.1) is 0 Å². The molecular weight excluding hydrogens is 621 g/mol. The van der Waals surface area contributed by atoms with Crippen LogP contribution in [0.1, 0.15) is 39.0 Å². The first-order valence-electron chi connectivity index (χ1n) is 16.1. The molecule has 3 aromatic carbocycles. The zero-order valence-electron chi connectivity index (χ0n) is 28.9. The fourth-order valence-corrected chi connectivity index (χ4v) is 5.45. The Hall–Kier alpha value is -4.51. The number of morpholine rings is 1. The normalized spacial score (nSPS) is 13.1. The van der Waals surface area contributed by atoms with Crippen LogP contribution in [0, 0.1) is 0 Å². The number of hydrogen-bond donors (Lipinski definition) is 4. The lowest BCUT2D eigenvalue weighted by Crippen LogP contribution is -2.35. The first-order valence-corrected chi connectivity index (χ1v) is 16.6. The molecule has 2 heterocycles. The Balaban J connectivity index is 0.00000167. The van der Waals surface area contributed by atoms with Crippen molar-refractivity contribution >= 4 is 51.3 Å². The molecule has 5 rings (SSSR count). The molecule has 0 atom stereocenters. The molecule has 1 saturated heterocycles. The Bertz CT molecular complexity index is 1710. The van der Waals surface area contributed by atoms with Gasteiger partial charge in [0.25, 0.3) is 0 Å². The maximum atomic E-state index is 12.0. The Kier molecular flexibility index (Phi) is 12.9. The van der Waals surface area contributed by atoms with E-state index in [0.29, 0.717) is 11.6 Å². The number of hydrogen-bond acceptors (Lipinski definition) is 9. The minimum atomic E-state index is -0.136. The van der Waals surface area contributed by atoms with Crippen molar-refractivity contribution in [3.8, 4) is 16.9 Å². The van der Waals surface area contributed by atoms with Crippen molar-refractivity contribution in [2.45, 2.75) is 39.7 Å². The molecule has 1 amide bonds. The molecule has 0 aliphatic carbocycles. The van der Waals surface area contributed by atoms with Gasteiger partial charge in [-0.05, 0) is 58.5 Å². The number of nitrogens with zero attached hydrogens (tertiary/aromatic N) is 2. The maximum Gasteiger partial charge on any atom is 0.239 e. The van der Waals surface area contributed by atoms with Crippen LogP contribution in [0.15, 0.2) is 79.3 Å². The van der Waals surface area contributed by atoms with Gasteiger partial charge >= 0.3 is 0 Å². The van der Waals surface area contributed by atoms with Crippen LogP contribution in [-0.2, 0) is 21.5 Å². The Morgan fingerprint density at radius 1 is 1.02 bits per heavy atom. The quantitative estimate of drug-likeness (QED) is 0.124. The number of carbonyl (C=O) groups is 1. The topological polar surface area (TPSA) is 99.8 Å². The van der Waals surface area contributed by atoms with Gasteiger partial charge in [0.05, 0.1) is 43.9 Å². The van der Waals surface area contributed by atoms with Crippen molar-refractivity contribution < 1.29 is 14.3 Å². The first kappa shape index (κ1) is 36.3. The second-order valence-electron chi connectivity index (χ2n) is 12.5. The summed E-state index contributed by atoms with van der Waals surface area (Å²) in [6, 6.07) is 20.9. The summed E-state index contributed by atoms with van der Waals surface area (Å²) in [7, 11) is 3.24. The molecule has 1 aliphatic heterocycles. The van der Waals surface area contributed by atoms with Gasteiger partial charge in [-0.25, -0.2) is 0 Å². The summed E-state index contributed by atoms with van der Waals surface area (Å²) in [5, 5.41) is 16.5. The summed E-state index contributed by atoms with van der Waals surface area (Å²) in [5.74, 6) is 1.07. The number of carbonyl (C=O) groups excluding carboxylic acids is 1. The monoisotopic (exact) mass is 668 g/mol. The molecule has 1 aromatic heterocycles. The Morgan fingerprint density at radius 2 is 1.69 bits per heavy atom. The van der Waals surface area contributed by atoms with E-state index in [0.717, 1.165) is 83.1 Å². The fraction of sp³-hybridized carbons (Fsp3) is 0.342. The van der Waals surface area contributed by atoms with Crippen LogP contribution in [0.2, 0.25) is 0 Å². The van der Waals surface area contributed by atoms with Gasteiger partial charge in [-0.1, -0.05) is 76.0 Å². The molecular formula is C38H48N6O3S. The Labute approximate surface area is 290 Å². The highest BCUT2D eigenvalue weighted by Crippen LogP contribution is 2.40. The van der Waals surface area contributed by atoms with Crippen LogP contribution >= 0.6 is 12.2 Å². The lowest BCUT2D eigenvalue weighted by atomic mass is 9.86. The third-order valence-electron chi connectivity index (χ3n) is 8.00. The molecule has 0 radical (unpaired) electrons. The summed E-state index contributed by atoms with van der Waals surface area (Å²) in [5.41, 5.74) is 6.58. The predicted molar refractivity (Wildman–Crippen MR) is 203 cm³/mol. The molecule has 254 valence electrons. The summed E-state index contributed by atoms with van der Waals surface area (Å²) >= 11 is 4.27. The number of pyridine rings is 1. The number of benzene rings is 3. The predicted octanol–water partition coefficient (Wildman–Crippen LogP) is 7.20. The third-order valence-corrected chi connectivity index (χ3v) is 8.00. The highest BCUT2D eigenvalue weighted by molar-refractivity contribution is 7.78. The molecule has 0 saturated carbocycles. The summed E-state index contributed by atoms with van der Waals surface area (Å²) in [6.45, 7) is 16.9. The zero-order valence-corrected chi connectivity index (χ0v) is 29.7. The van der Waals surface area contributed by atoms with E-state index in [1.54, 1.807) is 19.5 Å². The van der Waals surface area contributed by atoms with Crippen LogP contribution < -0.4 is 26.0 Å². The van der Waals surface area contributed by atoms with Gasteiger partial charge in [-0.2, -0.15) is 0 Å². The standard InChI is InChI=1S/C36H44N6O3.C2H4S/c1-24(41-33-20-26(36(2,3)4)19-32(35(33)44-6)39-22-34(43)37-5)40-31-14-13-28(29-9-7-8-10-30(29)31)25-11-12-27(38-21-25)23-42-15-17-45-18-16-42;1-2-3/h7-14,19-21,39-41H,1,15-18,22-23H2,2-6H3,(H,37,43);2H,1H3. The number of aromatic nitrogens is 1. The molecule has 0 bridgehead atoms. The van der Waals surface area contributed by atoms with E-state index in [4.69, 9.17) is 14.5 Å². The zero-order chi connectivity index (χ0) is 34.7. The van der Waals surface area contributed by atoms with E-state index in [9.17, 15) is 4.79 Å². The summed E-state index contributed by atoms with van der Waals surface area (Å²) in [4.78, 5) is 19.1. The number of thiocarbonyl (C=S) groups is 1. The van der Waals surface area contributed by atoms with Crippen molar-refractivity contribution in [3.63, 3.8) is 0 Å². The van der Waals surface area contributed by atoms with Crippen LogP contribution in [0.5, 0.6) is 5.75 Å². The minimum absolute atomic E-state index is 0.117. The molecule has 1 fully saturated rings. The number of anilines is 3. The van der Waals surface area contributed by atoms with Crippen LogP contribution in [-0.4, -0.2) is 68.2 Å². The van der Waals surface area contributed by atoms with Crippen molar-refractivity contribution in [2.24, 2.45) is 0 Å². The van der Waals surface area contributed by atoms with Gasteiger partial charge in [0.2, 0.25) is 5.91 Å². The number of likely N-dealkylation sites (N-methyl/N-ethyl adjacent to an activating group) is 1. The first-order chi connectivity index (χ1) is 23.1. The van der Waals surface area contributed by atoms with Gasteiger partial charge in [0, 0.05) is 49.5 Å². The smallest absolute Gasteiger partial charge is 0.239 e. The highest BCUT2D eigenvalue weighted by atomic mass is 32.1. The van der Waals surface area contributed by atoms with Crippen molar-refractivity contribution in [1.29, 1.82) is 0 Å². The van der Waals surface area contributed by atoms with E-state index in [-0.39, 0.29) is 17.9 Å². The van der Waals surface area contributed by atoms with E-state index in [2.05, 4.69) is 114 Å². The van der Waals surface area contributed by atoms with E-state index < -0.39 is 0 Å². The molecule has 4 aromatic rings. The average molecular weight is 669 g/mol. The van der Waals surface area contributed by atoms with Crippen LogP contribution in [0.4, 0.5) is 17.1 Å². The largest absolute Gasteiger partial charge is 0.492 e. The molecule has 48 heavy (non-hydrogen) atoms. The van der Waals surface area contributed by atoms with Gasteiger partial charge in [0.15, 0.2) is 5.75 Å².